The number of aldehydes is 1. The van der Waals surface area contributed by atoms with Gasteiger partial charge >= 0.3 is 0 Å². The van der Waals surface area contributed by atoms with Crippen molar-refractivity contribution in [3.63, 3.8) is 0 Å². The predicted octanol–water partition coefficient (Wildman–Crippen LogP) is 4.07. The lowest BCUT2D eigenvalue weighted by molar-refractivity contribution is -0.104. The molecule has 1 rings (SSSR count). The Hall–Kier alpha value is -1.81. The van der Waals surface area contributed by atoms with Gasteiger partial charge in [-0.2, -0.15) is 0 Å². The van der Waals surface area contributed by atoms with Crippen LogP contribution in [-0.4, -0.2) is 33.7 Å². The number of hydrogen-bond acceptors (Lipinski definition) is 4. The number of allylic oxidation sites excluding steroid dienone is 2. The first-order chi connectivity index (χ1) is 11.6. The monoisotopic (exact) mass is 334 g/mol. The van der Waals surface area contributed by atoms with E-state index in [2.05, 4.69) is 26.0 Å². The van der Waals surface area contributed by atoms with Crippen molar-refractivity contribution in [2.24, 2.45) is 11.8 Å². The van der Waals surface area contributed by atoms with Crippen LogP contribution in [0.25, 0.3) is 0 Å². The molecule has 0 heterocycles. The van der Waals surface area contributed by atoms with Gasteiger partial charge < -0.3 is 14.2 Å². The molecule has 24 heavy (non-hydrogen) atoms. The van der Waals surface area contributed by atoms with E-state index in [-0.39, 0.29) is 0 Å². The third-order valence-electron chi connectivity index (χ3n) is 4.07. The average molecular weight is 334 g/mol. The van der Waals surface area contributed by atoms with Crippen LogP contribution in [0.4, 0.5) is 0 Å². The average Bonchev–Trinajstić information content (AvgIpc) is 2.58. The van der Waals surface area contributed by atoms with Crippen molar-refractivity contribution >= 4 is 6.29 Å². The van der Waals surface area contributed by atoms with E-state index in [9.17, 15) is 4.79 Å². The van der Waals surface area contributed by atoms with E-state index in [1.165, 1.54) is 5.56 Å². The summed E-state index contributed by atoms with van der Waals surface area (Å²) in [5.41, 5.74) is 1.22. The van der Waals surface area contributed by atoms with Gasteiger partial charge in [-0.3, -0.25) is 4.79 Å². The van der Waals surface area contributed by atoms with Crippen LogP contribution in [-0.2, 0) is 16.0 Å². The summed E-state index contributed by atoms with van der Waals surface area (Å²) >= 11 is 0. The maximum absolute atomic E-state index is 10.5. The lowest BCUT2D eigenvalue weighted by atomic mass is 9.86. The molecular formula is C20H30O4. The van der Waals surface area contributed by atoms with E-state index in [0.29, 0.717) is 25.0 Å². The predicted molar refractivity (Wildman–Crippen MR) is 96.8 cm³/mol. The highest BCUT2D eigenvalue weighted by atomic mass is 16.5. The Labute approximate surface area is 145 Å². The Kier molecular flexibility index (Phi) is 9.85. The van der Waals surface area contributed by atoms with Crippen LogP contribution in [0.3, 0.4) is 0 Å². The van der Waals surface area contributed by atoms with Crippen LogP contribution in [0.5, 0.6) is 11.5 Å². The Morgan fingerprint density at radius 1 is 1.12 bits per heavy atom. The first-order valence-electron chi connectivity index (χ1n) is 8.51. The second-order valence-corrected chi connectivity index (χ2v) is 6.19. The molecule has 1 atom stereocenters. The zero-order chi connectivity index (χ0) is 17.8. The molecule has 0 aliphatic carbocycles. The normalized spacial score (nSPS) is 12.5. The smallest absolute Gasteiger partial charge is 0.161 e. The fourth-order valence-corrected chi connectivity index (χ4v) is 2.55. The number of hydrogen-bond donors (Lipinski definition) is 0. The van der Waals surface area contributed by atoms with Crippen LogP contribution in [0, 0.1) is 11.8 Å². The highest BCUT2D eigenvalue weighted by molar-refractivity contribution is 5.64. The van der Waals surface area contributed by atoms with Crippen molar-refractivity contribution in [3.05, 3.63) is 35.9 Å². The molecule has 1 aromatic carbocycles. The Bertz CT molecular complexity index is 508. The maximum atomic E-state index is 10.5. The number of methoxy groups -OCH3 is 2. The summed E-state index contributed by atoms with van der Waals surface area (Å²) < 4.78 is 16.3. The number of carbonyl (C=O) groups is 1. The van der Waals surface area contributed by atoms with E-state index in [4.69, 9.17) is 14.2 Å². The summed E-state index contributed by atoms with van der Waals surface area (Å²) in [6.45, 7) is 5.71. The molecule has 0 saturated carbocycles. The molecular weight excluding hydrogens is 304 g/mol. The Morgan fingerprint density at radius 2 is 1.92 bits per heavy atom. The van der Waals surface area contributed by atoms with E-state index in [1.807, 2.05) is 12.1 Å². The van der Waals surface area contributed by atoms with Gasteiger partial charge in [0.1, 0.15) is 6.29 Å². The van der Waals surface area contributed by atoms with Gasteiger partial charge in [-0.05, 0) is 48.4 Å². The first kappa shape index (κ1) is 20.2. The van der Waals surface area contributed by atoms with Crippen LogP contribution < -0.4 is 9.47 Å². The van der Waals surface area contributed by atoms with Crippen molar-refractivity contribution < 1.29 is 19.0 Å². The van der Waals surface area contributed by atoms with Gasteiger partial charge in [0.25, 0.3) is 0 Å². The summed E-state index contributed by atoms with van der Waals surface area (Å²) in [6.07, 6.45) is 7.04. The molecule has 0 spiro atoms. The summed E-state index contributed by atoms with van der Waals surface area (Å²) in [7, 11) is 3.34. The van der Waals surface area contributed by atoms with Crippen molar-refractivity contribution in [3.8, 4) is 11.5 Å². The zero-order valence-corrected chi connectivity index (χ0v) is 15.3. The van der Waals surface area contributed by atoms with Crippen molar-refractivity contribution in [1.29, 1.82) is 0 Å². The standard InChI is InChI=1S/C20H30O4/c1-16(2)18(8-5-6-11-21)14-17-9-10-19(23-4)20(15-17)24-13-7-12-22-3/h5-6,9-11,15-16,18H,7-8,12-14H2,1-4H3/b6-5+/t18-/m1/s1. The van der Waals surface area contributed by atoms with Gasteiger partial charge in [0.15, 0.2) is 11.5 Å². The largest absolute Gasteiger partial charge is 0.493 e. The van der Waals surface area contributed by atoms with Crippen molar-refractivity contribution in [2.75, 3.05) is 27.4 Å². The number of carbonyl (C=O) groups excluding carboxylic acids is 1. The molecule has 0 aliphatic rings. The number of rotatable bonds is 12. The molecule has 134 valence electrons. The number of benzene rings is 1. The second kappa shape index (κ2) is 11.7. The van der Waals surface area contributed by atoms with Gasteiger partial charge in [-0.15, -0.1) is 0 Å². The molecule has 1 aromatic rings. The fourth-order valence-electron chi connectivity index (χ4n) is 2.55. The molecule has 4 nitrogen and oxygen atoms in total. The molecule has 0 unspecified atom stereocenters. The summed E-state index contributed by atoms with van der Waals surface area (Å²) in [4.78, 5) is 10.5. The van der Waals surface area contributed by atoms with Crippen LogP contribution in [0.1, 0.15) is 32.3 Å². The van der Waals surface area contributed by atoms with Crippen LogP contribution in [0.15, 0.2) is 30.4 Å². The summed E-state index contributed by atoms with van der Waals surface area (Å²) in [6, 6.07) is 6.10. The maximum Gasteiger partial charge on any atom is 0.161 e. The van der Waals surface area contributed by atoms with Gasteiger partial charge in [0.05, 0.1) is 13.7 Å². The van der Waals surface area contributed by atoms with E-state index >= 15 is 0 Å². The third kappa shape index (κ3) is 7.18. The molecule has 0 aliphatic heterocycles. The molecule has 0 saturated heterocycles. The molecule has 0 fully saturated rings. The van der Waals surface area contributed by atoms with Gasteiger partial charge in [-0.1, -0.05) is 26.0 Å². The van der Waals surface area contributed by atoms with Gasteiger partial charge in [-0.25, -0.2) is 0 Å². The van der Waals surface area contributed by atoms with Gasteiger partial charge in [0.2, 0.25) is 0 Å². The minimum absolute atomic E-state index is 0.482. The minimum atomic E-state index is 0.482. The van der Waals surface area contributed by atoms with Crippen LogP contribution in [0.2, 0.25) is 0 Å². The highest BCUT2D eigenvalue weighted by Crippen LogP contribution is 2.30. The third-order valence-corrected chi connectivity index (χ3v) is 4.07. The second-order valence-electron chi connectivity index (χ2n) is 6.19. The van der Waals surface area contributed by atoms with Crippen LogP contribution >= 0.6 is 0 Å². The highest BCUT2D eigenvalue weighted by Gasteiger charge is 2.14. The quantitative estimate of drug-likeness (QED) is 0.328. The van der Waals surface area contributed by atoms with E-state index in [0.717, 1.165) is 37.0 Å². The van der Waals surface area contributed by atoms with Gasteiger partial charge in [0, 0.05) is 20.1 Å². The zero-order valence-electron chi connectivity index (χ0n) is 15.3. The minimum Gasteiger partial charge on any atom is -0.493 e. The first-order valence-corrected chi connectivity index (χ1v) is 8.51. The van der Waals surface area contributed by atoms with E-state index < -0.39 is 0 Å². The Balaban J connectivity index is 2.78. The molecule has 0 amide bonds. The molecule has 0 aromatic heterocycles. The van der Waals surface area contributed by atoms with E-state index in [1.54, 1.807) is 20.3 Å². The summed E-state index contributed by atoms with van der Waals surface area (Å²) in [5, 5.41) is 0. The number of ether oxygens (including phenoxy) is 3. The molecule has 0 bridgehead atoms. The van der Waals surface area contributed by atoms with Crippen molar-refractivity contribution in [2.45, 2.75) is 33.1 Å². The molecule has 0 radical (unpaired) electrons. The summed E-state index contributed by atoms with van der Waals surface area (Å²) in [5.74, 6) is 2.54. The lowest BCUT2D eigenvalue weighted by Crippen LogP contribution is -2.11. The topological polar surface area (TPSA) is 44.8 Å². The molecule has 0 N–H and O–H groups in total. The SMILES string of the molecule is COCCCOc1cc(C[C@@H](C/C=C/C=O)C(C)C)ccc1OC. The molecule has 4 heteroatoms. The fraction of sp³-hybridized carbons (Fsp3) is 0.550. The lowest BCUT2D eigenvalue weighted by Gasteiger charge is -2.20. The van der Waals surface area contributed by atoms with Crippen molar-refractivity contribution in [1.82, 2.24) is 0 Å². The Morgan fingerprint density at radius 3 is 2.54 bits per heavy atom.